The van der Waals surface area contributed by atoms with Crippen molar-refractivity contribution in [2.45, 2.75) is 11.6 Å². The molecule has 1 saturated heterocycles. The van der Waals surface area contributed by atoms with E-state index in [1.54, 1.807) is 0 Å². The first-order valence-corrected chi connectivity index (χ1v) is 7.84. The van der Waals surface area contributed by atoms with E-state index in [1.807, 2.05) is 60.7 Å². The minimum absolute atomic E-state index is 0.0858. The van der Waals surface area contributed by atoms with Crippen molar-refractivity contribution in [3.05, 3.63) is 71.8 Å². The fraction of sp³-hybridized carbons (Fsp3) is 0.263. The van der Waals surface area contributed by atoms with Crippen LogP contribution in [-0.4, -0.2) is 43.3 Å². The molecule has 0 aliphatic carbocycles. The number of carbonyl (C=O) groups is 2. The van der Waals surface area contributed by atoms with Gasteiger partial charge in [0.05, 0.1) is 20.8 Å². The fourth-order valence-corrected chi connectivity index (χ4v) is 2.75. The van der Waals surface area contributed by atoms with Crippen molar-refractivity contribution in [2.24, 2.45) is 0 Å². The largest absolute Gasteiger partial charge is 0.467 e. The number of nitrogens with zero attached hydrogens (tertiary/aromatic N) is 1. The maximum Gasteiger partial charge on any atom is 0.341 e. The Kier molecular flexibility index (Phi) is 4.83. The fourth-order valence-electron chi connectivity index (χ4n) is 2.75. The molecular weight excluding hydrogens is 322 g/mol. The molecule has 0 spiro atoms. The Morgan fingerprint density at radius 2 is 1.32 bits per heavy atom. The number of rotatable bonds is 6. The van der Waals surface area contributed by atoms with Crippen LogP contribution in [0.4, 0.5) is 0 Å². The first kappa shape index (κ1) is 17.1. The monoisotopic (exact) mass is 341 g/mol. The summed E-state index contributed by atoms with van der Waals surface area (Å²) in [6, 6.07) is 19.2. The highest BCUT2D eigenvalue weighted by molar-refractivity contribution is 6.08. The van der Waals surface area contributed by atoms with Crippen molar-refractivity contribution in [1.29, 1.82) is 0 Å². The number of hydrogen-bond acceptors (Lipinski definition) is 6. The number of ether oxygens (including phenoxy) is 2. The molecule has 130 valence electrons. The smallest absolute Gasteiger partial charge is 0.341 e. The van der Waals surface area contributed by atoms with E-state index in [2.05, 4.69) is 0 Å². The normalized spacial score (nSPS) is 17.8. The number of methoxy groups -OCH3 is 2. The van der Waals surface area contributed by atoms with E-state index < -0.39 is 23.6 Å². The minimum atomic E-state index is -1.54. The Labute approximate surface area is 145 Å². The number of carbonyl (C=O) groups excluding carboxylic acids is 2. The van der Waals surface area contributed by atoms with Crippen LogP contribution in [-0.2, 0) is 23.9 Å². The van der Waals surface area contributed by atoms with E-state index in [9.17, 15) is 9.59 Å². The third kappa shape index (κ3) is 3.14. The molecule has 0 amide bonds. The Morgan fingerprint density at radius 1 is 0.880 bits per heavy atom. The molecule has 1 heterocycles. The van der Waals surface area contributed by atoms with Crippen molar-refractivity contribution >= 4 is 11.9 Å². The maximum absolute atomic E-state index is 12.1. The van der Waals surface area contributed by atoms with Gasteiger partial charge in [0.1, 0.15) is 6.10 Å². The molecule has 0 N–H and O–H groups in total. The van der Waals surface area contributed by atoms with Crippen LogP contribution in [0.2, 0.25) is 0 Å². The molecule has 6 heteroatoms. The van der Waals surface area contributed by atoms with Gasteiger partial charge in [-0.05, 0) is 11.1 Å². The topological polar surface area (TPSA) is 64.8 Å². The Bertz CT molecular complexity index is 691. The second-order valence-electron chi connectivity index (χ2n) is 5.69. The highest BCUT2D eigenvalue weighted by atomic mass is 16.7. The van der Waals surface area contributed by atoms with Crippen molar-refractivity contribution in [3.8, 4) is 0 Å². The predicted octanol–water partition coefficient (Wildman–Crippen LogP) is 2.11. The SMILES string of the molecule is COC(=O)C1(C(=O)OC)CN1OC(c1ccccc1)c1ccccc1. The van der Waals surface area contributed by atoms with Gasteiger partial charge in [-0.2, -0.15) is 5.06 Å². The van der Waals surface area contributed by atoms with E-state index >= 15 is 0 Å². The third-order valence-corrected chi connectivity index (χ3v) is 4.18. The lowest BCUT2D eigenvalue weighted by molar-refractivity contribution is -0.177. The first-order valence-electron chi connectivity index (χ1n) is 7.84. The van der Waals surface area contributed by atoms with Crippen molar-refractivity contribution in [1.82, 2.24) is 5.06 Å². The van der Waals surface area contributed by atoms with Crippen LogP contribution in [0.1, 0.15) is 17.2 Å². The molecule has 3 rings (SSSR count). The van der Waals surface area contributed by atoms with E-state index in [4.69, 9.17) is 14.3 Å². The van der Waals surface area contributed by atoms with E-state index in [0.29, 0.717) is 0 Å². The molecule has 1 fully saturated rings. The van der Waals surface area contributed by atoms with Gasteiger partial charge in [-0.3, -0.25) is 4.84 Å². The summed E-state index contributed by atoms with van der Waals surface area (Å²) in [5, 5.41) is 1.31. The zero-order valence-corrected chi connectivity index (χ0v) is 14.0. The summed E-state index contributed by atoms with van der Waals surface area (Å²) in [6.45, 7) is 0.0858. The molecule has 25 heavy (non-hydrogen) atoms. The minimum Gasteiger partial charge on any atom is -0.467 e. The molecule has 1 unspecified atom stereocenters. The highest BCUT2D eigenvalue weighted by Gasteiger charge is 2.69. The average Bonchev–Trinajstić information content (AvgIpc) is 3.41. The molecule has 1 aliphatic rings. The Hall–Kier alpha value is -2.70. The molecule has 2 aromatic rings. The van der Waals surface area contributed by atoms with E-state index in [1.165, 1.54) is 19.3 Å². The summed E-state index contributed by atoms with van der Waals surface area (Å²) in [7, 11) is 2.46. The van der Waals surface area contributed by atoms with Gasteiger partial charge < -0.3 is 9.47 Å². The number of hydroxylamine groups is 2. The van der Waals surface area contributed by atoms with E-state index in [-0.39, 0.29) is 6.54 Å². The van der Waals surface area contributed by atoms with Crippen molar-refractivity contribution in [3.63, 3.8) is 0 Å². The second-order valence-corrected chi connectivity index (χ2v) is 5.69. The van der Waals surface area contributed by atoms with E-state index in [0.717, 1.165) is 11.1 Å². The summed E-state index contributed by atoms with van der Waals surface area (Å²) in [5.74, 6) is -1.39. The molecule has 2 aromatic carbocycles. The number of benzene rings is 2. The molecule has 0 aromatic heterocycles. The second kappa shape index (κ2) is 7.04. The molecule has 6 nitrogen and oxygen atoms in total. The van der Waals surface area contributed by atoms with Crippen LogP contribution in [0.3, 0.4) is 0 Å². The number of esters is 2. The Morgan fingerprint density at radius 3 is 1.72 bits per heavy atom. The van der Waals surface area contributed by atoms with Crippen LogP contribution in [0.25, 0.3) is 0 Å². The molecule has 0 radical (unpaired) electrons. The summed E-state index contributed by atoms with van der Waals surface area (Å²) in [5.41, 5.74) is 0.277. The Balaban J connectivity index is 1.90. The van der Waals surface area contributed by atoms with Crippen LogP contribution in [0.5, 0.6) is 0 Å². The zero-order valence-electron chi connectivity index (χ0n) is 14.0. The van der Waals surface area contributed by atoms with Crippen molar-refractivity contribution in [2.75, 3.05) is 20.8 Å². The lowest BCUT2D eigenvalue weighted by atomic mass is 10.0. The van der Waals surface area contributed by atoms with Gasteiger partial charge in [-0.25, -0.2) is 9.59 Å². The zero-order chi connectivity index (χ0) is 17.9. The molecule has 0 bridgehead atoms. The van der Waals surface area contributed by atoms with Gasteiger partial charge in [0.25, 0.3) is 5.54 Å². The lowest BCUT2D eigenvalue weighted by Crippen LogP contribution is -2.40. The van der Waals surface area contributed by atoms with Gasteiger partial charge >= 0.3 is 11.9 Å². The van der Waals surface area contributed by atoms with Crippen LogP contribution >= 0.6 is 0 Å². The van der Waals surface area contributed by atoms with Gasteiger partial charge in [-0.15, -0.1) is 0 Å². The maximum atomic E-state index is 12.1. The standard InChI is InChI=1S/C19H19NO5/c1-23-17(21)19(18(22)24-2)13-20(19)25-16(14-9-5-3-6-10-14)15-11-7-4-8-12-15/h3-12,16H,13H2,1-2H3. The average molecular weight is 341 g/mol. The first-order chi connectivity index (χ1) is 12.1. The lowest BCUT2D eigenvalue weighted by Gasteiger charge is -2.21. The summed E-state index contributed by atoms with van der Waals surface area (Å²) in [6.07, 6.45) is -0.460. The van der Waals surface area contributed by atoms with Crippen LogP contribution in [0, 0.1) is 0 Å². The van der Waals surface area contributed by atoms with Gasteiger partial charge in [0, 0.05) is 0 Å². The summed E-state index contributed by atoms with van der Waals surface area (Å²) < 4.78 is 9.52. The summed E-state index contributed by atoms with van der Waals surface area (Å²) in [4.78, 5) is 30.3. The van der Waals surface area contributed by atoms with Gasteiger partial charge in [0.2, 0.25) is 0 Å². The predicted molar refractivity (Wildman–Crippen MR) is 89.3 cm³/mol. The molecule has 1 aliphatic heterocycles. The van der Waals surface area contributed by atoms with Crippen molar-refractivity contribution < 1.29 is 23.9 Å². The third-order valence-electron chi connectivity index (χ3n) is 4.18. The van der Waals surface area contributed by atoms with Crippen LogP contribution in [0.15, 0.2) is 60.7 Å². The number of hydrogen-bond donors (Lipinski definition) is 0. The van der Waals surface area contributed by atoms with Crippen LogP contribution < -0.4 is 0 Å². The molecule has 0 saturated carbocycles. The molecular formula is C19H19NO5. The highest BCUT2D eigenvalue weighted by Crippen LogP contribution is 2.40. The quantitative estimate of drug-likeness (QED) is 0.455. The van der Waals surface area contributed by atoms with Gasteiger partial charge in [-0.1, -0.05) is 60.7 Å². The van der Waals surface area contributed by atoms with Gasteiger partial charge in [0.15, 0.2) is 0 Å². The molecule has 1 atom stereocenters. The summed E-state index contributed by atoms with van der Waals surface area (Å²) >= 11 is 0.